The van der Waals surface area contributed by atoms with Gasteiger partial charge in [-0.2, -0.15) is 0 Å². The number of ether oxygens (including phenoxy) is 1. The van der Waals surface area contributed by atoms with Crippen LogP contribution in [-0.4, -0.2) is 40.3 Å². The standard InChI is InChI=1S/C16H16BrN3O5S/c1-2-25-13(22)6-18-12(21)5-9-7-26-11-4-8(17)3-10-14(11)20(9)16(24)15(23)19-10/h3-4,9H,2,5-7H2,1H3,(H,18,21)(H,19,23). The largest absolute Gasteiger partial charge is 0.465 e. The molecule has 2 N–H and O–H groups in total. The highest BCUT2D eigenvalue weighted by Crippen LogP contribution is 2.37. The van der Waals surface area contributed by atoms with Crippen LogP contribution in [0.5, 0.6) is 0 Å². The van der Waals surface area contributed by atoms with Gasteiger partial charge in [-0.15, -0.1) is 11.8 Å². The minimum atomic E-state index is -0.731. The molecule has 1 aromatic heterocycles. The first-order valence-corrected chi connectivity index (χ1v) is 9.71. The smallest absolute Gasteiger partial charge is 0.325 e. The third-order valence-electron chi connectivity index (χ3n) is 3.89. The highest BCUT2D eigenvalue weighted by atomic mass is 79.9. The molecule has 0 aliphatic carbocycles. The van der Waals surface area contributed by atoms with Gasteiger partial charge in [0, 0.05) is 21.5 Å². The van der Waals surface area contributed by atoms with Crippen LogP contribution in [0.15, 0.2) is 31.1 Å². The van der Waals surface area contributed by atoms with Crippen molar-refractivity contribution in [2.45, 2.75) is 24.3 Å². The SMILES string of the molecule is CCOC(=O)CNC(=O)CC1CSc2cc(Br)cc3[nH]c(=O)c(=O)n1c23. The van der Waals surface area contributed by atoms with Gasteiger partial charge in [0.2, 0.25) is 5.91 Å². The monoisotopic (exact) mass is 441 g/mol. The van der Waals surface area contributed by atoms with E-state index in [9.17, 15) is 19.2 Å². The normalized spacial score (nSPS) is 15.7. The fraction of sp³-hybridized carbons (Fsp3) is 0.375. The molecule has 2 aromatic rings. The molecule has 1 aromatic carbocycles. The van der Waals surface area contributed by atoms with Crippen molar-refractivity contribution in [3.8, 4) is 0 Å². The van der Waals surface area contributed by atoms with Gasteiger partial charge in [-0.3, -0.25) is 23.7 Å². The highest BCUT2D eigenvalue weighted by Gasteiger charge is 2.27. The van der Waals surface area contributed by atoms with E-state index in [4.69, 9.17) is 4.74 Å². The Balaban J connectivity index is 1.90. The lowest BCUT2D eigenvalue weighted by molar-refractivity contribution is -0.143. The van der Waals surface area contributed by atoms with Crippen molar-refractivity contribution in [1.29, 1.82) is 0 Å². The number of rotatable bonds is 5. The van der Waals surface area contributed by atoms with Crippen molar-refractivity contribution in [3.63, 3.8) is 0 Å². The first-order chi connectivity index (χ1) is 12.4. The fourth-order valence-corrected chi connectivity index (χ4v) is 4.65. The Labute approximate surface area is 160 Å². The maximum Gasteiger partial charge on any atom is 0.325 e. The Morgan fingerprint density at radius 2 is 2.19 bits per heavy atom. The van der Waals surface area contributed by atoms with Crippen LogP contribution in [0.3, 0.4) is 0 Å². The molecule has 1 aliphatic rings. The Kier molecular flexibility index (Phi) is 5.52. The van der Waals surface area contributed by atoms with Crippen LogP contribution in [0, 0.1) is 0 Å². The van der Waals surface area contributed by atoms with Crippen LogP contribution in [0.1, 0.15) is 19.4 Å². The van der Waals surface area contributed by atoms with Gasteiger partial charge in [0.15, 0.2) is 0 Å². The Morgan fingerprint density at radius 3 is 2.92 bits per heavy atom. The van der Waals surface area contributed by atoms with Crippen molar-refractivity contribution in [3.05, 3.63) is 37.3 Å². The molecule has 1 amide bonds. The maximum atomic E-state index is 12.4. The first kappa shape index (κ1) is 18.7. The minimum absolute atomic E-state index is 0.0135. The van der Waals surface area contributed by atoms with Crippen molar-refractivity contribution < 1.29 is 14.3 Å². The van der Waals surface area contributed by atoms with Gasteiger partial charge in [0.25, 0.3) is 0 Å². The van der Waals surface area contributed by atoms with Crippen molar-refractivity contribution in [2.24, 2.45) is 0 Å². The number of H-pyrrole nitrogens is 1. The number of esters is 1. The van der Waals surface area contributed by atoms with Crippen molar-refractivity contribution >= 4 is 50.6 Å². The van der Waals surface area contributed by atoms with Gasteiger partial charge >= 0.3 is 17.1 Å². The van der Waals surface area contributed by atoms with Crippen LogP contribution >= 0.6 is 27.7 Å². The molecule has 0 fully saturated rings. The number of nitrogens with one attached hydrogen (secondary N) is 2. The second kappa shape index (κ2) is 7.67. The summed E-state index contributed by atoms with van der Waals surface area (Å²) >= 11 is 4.90. The molecule has 0 bridgehead atoms. The molecule has 0 spiro atoms. The summed E-state index contributed by atoms with van der Waals surface area (Å²) in [6.07, 6.45) is -0.0135. The van der Waals surface area contributed by atoms with E-state index in [2.05, 4.69) is 26.2 Å². The van der Waals surface area contributed by atoms with E-state index < -0.39 is 23.1 Å². The predicted molar refractivity (Wildman–Crippen MR) is 101 cm³/mol. The summed E-state index contributed by atoms with van der Waals surface area (Å²) in [5.74, 6) is -0.441. The number of benzene rings is 1. The number of thioether (sulfide) groups is 1. The average Bonchev–Trinajstić information content (AvgIpc) is 2.58. The number of hydrogen-bond acceptors (Lipinski definition) is 6. The average molecular weight is 442 g/mol. The maximum absolute atomic E-state index is 12.4. The van der Waals surface area contributed by atoms with Crippen molar-refractivity contribution in [1.82, 2.24) is 14.9 Å². The molecule has 10 heteroatoms. The second-order valence-electron chi connectivity index (χ2n) is 5.68. The lowest BCUT2D eigenvalue weighted by Gasteiger charge is -2.26. The molecule has 26 heavy (non-hydrogen) atoms. The van der Waals surface area contributed by atoms with E-state index in [-0.39, 0.29) is 25.5 Å². The summed E-state index contributed by atoms with van der Waals surface area (Å²) in [5, 5.41) is 2.48. The van der Waals surface area contributed by atoms with E-state index >= 15 is 0 Å². The zero-order valence-corrected chi connectivity index (χ0v) is 16.2. The van der Waals surface area contributed by atoms with E-state index in [1.54, 1.807) is 13.0 Å². The third-order valence-corrected chi connectivity index (χ3v) is 5.53. The molecular weight excluding hydrogens is 426 g/mol. The van der Waals surface area contributed by atoms with Crippen LogP contribution in [0.2, 0.25) is 0 Å². The van der Waals surface area contributed by atoms with Gasteiger partial charge in [0.1, 0.15) is 6.54 Å². The summed E-state index contributed by atoms with van der Waals surface area (Å²) in [4.78, 5) is 51.4. The Morgan fingerprint density at radius 1 is 1.42 bits per heavy atom. The molecule has 2 heterocycles. The number of aromatic amines is 1. The summed E-state index contributed by atoms with van der Waals surface area (Å²) in [7, 11) is 0. The first-order valence-electron chi connectivity index (χ1n) is 7.94. The highest BCUT2D eigenvalue weighted by molar-refractivity contribution is 9.10. The molecule has 0 radical (unpaired) electrons. The van der Waals surface area contributed by atoms with Crippen LogP contribution in [0.25, 0.3) is 11.0 Å². The quantitative estimate of drug-likeness (QED) is 0.532. The van der Waals surface area contributed by atoms with Gasteiger partial charge in [-0.05, 0) is 19.1 Å². The van der Waals surface area contributed by atoms with Crippen LogP contribution in [0.4, 0.5) is 0 Å². The zero-order valence-electron chi connectivity index (χ0n) is 13.8. The molecule has 0 saturated carbocycles. The number of aromatic nitrogens is 2. The van der Waals surface area contributed by atoms with Gasteiger partial charge in [-0.25, -0.2) is 0 Å². The number of nitrogens with zero attached hydrogens (tertiary/aromatic N) is 1. The molecule has 3 rings (SSSR count). The van der Waals surface area contributed by atoms with Crippen LogP contribution in [-0.2, 0) is 14.3 Å². The van der Waals surface area contributed by atoms with Crippen molar-refractivity contribution in [2.75, 3.05) is 18.9 Å². The Hall–Kier alpha value is -2.07. The van der Waals surface area contributed by atoms with Gasteiger partial charge in [-0.1, -0.05) is 15.9 Å². The predicted octanol–water partition coefficient (Wildman–Crippen LogP) is 1.17. The summed E-state index contributed by atoms with van der Waals surface area (Å²) < 4.78 is 6.93. The number of carbonyl (C=O) groups excluding carboxylic acids is 2. The fourth-order valence-electron chi connectivity index (χ4n) is 2.84. The van der Waals surface area contributed by atoms with E-state index in [0.717, 1.165) is 9.37 Å². The number of hydrogen-bond donors (Lipinski definition) is 2. The van der Waals surface area contributed by atoms with E-state index in [1.165, 1.54) is 16.3 Å². The number of amides is 1. The Bertz CT molecular complexity index is 1000. The molecule has 0 saturated heterocycles. The van der Waals surface area contributed by atoms with E-state index in [1.807, 2.05) is 6.07 Å². The third kappa shape index (κ3) is 3.70. The lowest BCUT2D eigenvalue weighted by atomic mass is 10.2. The zero-order chi connectivity index (χ0) is 18.8. The minimum Gasteiger partial charge on any atom is -0.465 e. The second-order valence-corrected chi connectivity index (χ2v) is 7.66. The topological polar surface area (TPSA) is 110 Å². The lowest BCUT2D eigenvalue weighted by Crippen LogP contribution is -2.42. The van der Waals surface area contributed by atoms with Crippen LogP contribution < -0.4 is 16.4 Å². The summed E-state index contributed by atoms with van der Waals surface area (Å²) in [6, 6.07) is 3.12. The molecule has 138 valence electrons. The molecule has 1 aliphatic heterocycles. The van der Waals surface area contributed by atoms with Gasteiger partial charge in [0.05, 0.1) is 23.7 Å². The van der Waals surface area contributed by atoms with E-state index in [0.29, 0.717) is 16.8 Å². The molecule has 1 atom stereocenters. The molecule has 8 nitrogen and oxygen atoms in total. The molecular formula is C16H16BrN3O5S. The number of carbonyl (C=O) groups is 2. The summed E-state index contributed by atoms with van der Waals surface area (Å²) in [6.45, 7) is 1.69. The summed E-state index contributed by atoms with van der Waals surface area (Å²) in [5.41, 5.74) is -0.282. The molecule has 1 unspecified atom stereocenters. The van der Waals surface area contributed by atoms with Gasteiger partial charge < -0.3 is 15.0 Å². The number of halogens is 1.